The standard InChI is InChI=1S/C17H21Cl2N5OS/c1-2-7-23(9-11-3-4-11)15(25)10-26-17-22-21-16(24(17)20)13-8-12(18)5-6-14(13)19/h5-6,8,11H,2-4,7,9-10,20H2,1H3. The summed E-state index contributed by atoms with van der Waals surface area (Å²) >= 11 is 13.5. The fraction of sp³-hybridized carbons (Fsp3) is 0.471. The normalized spacial score (nSPS) is 13.8. The van der Waals surface area contributed by atoms with E-state index >= 15 is 0 Å². The SMILES string of the molecule is CCCN(CC1CC1)C(=O)CSc1nnc(-c2cc(Cl)ccc2Cl)n1N. The largest absolute Gasteiger partial charge is 0.342 e. The highest BCUT2D eigenvalue weighted by molar-refractivity contribution is 7.99. The van der Waals surface area contributed by atoms with Crippen LogP contribution in [0.1, 0.15) is 26.2 Å². The lowest BCUT2D eigenvalue weighted by atomic mass is 10.2. The maximum atomic E-state index is 12.5. The fourth-order valence-electron chi connectivity index (χ4n) is 2.65. The molecule has 0 radical (unpaired) electrons. The first-order valence-corrected chi connectivity index (χ1v) is 10.3. The van der Waals surface area contributed by atoms with Gasteiger partial charge in [-0.15, -0.1) is 10.2 Å². The summed E-state index contributed by atoms with van der Waals surface area (Å²) in [4.78, 5) is 14.5. The van der Waals surface area contributed by atoms with Gasteiger partial charge in [-0.2, -0.15) is 0 Å². The summed E-state index contributed by atoms with van der Waals surface area (Å²) < 4.78 is 1.35. The summed E-state index contributed by atoms with van der Waals surface area (Å²) in [6.07, 6.45) is 3.40. The van der Waals surface area contributed by atoms with Gasteiger partial charge in [0.15, 0.2) is 5.82 Å². The van der Waals surface area contributed by atoms with Crippen LogP contribution in [0.25, 0.3) is 11.4 Å². The minimum absolute atomic E-state index is 0.106. The average molecular weight is 414 g/mol. The first-order chi connectivity index (χ1) is 12.5. The highest BCUT2D eigenvalue weighted by atomic mass is 35.5. The van der Waals surface area contributed by atoms with E-state index in [-0.39, 0.29) is 11.7 Å². The van der Waals surface area contributed by atoms with E-state index in [4.69, 9.17) is 29.0 Å². The molecule has 1 aliphatic rings. The summed E-state index contributed by atoms with van der Waals surface area (Å²) in [6, 6.07) is 5.07. The number of thioether (sulfide) groups is 1. The molecular formula is C17H21Cl2N5OS. The Morgan fingerprint density at radius 1 is 1.38 bits per heavy atom. The number of nitrogen functional groups attached to an aromatic ring is 1. The molecule has 1 aromatic carbocycles. The van der Waals surface area contributed by atoms with Crippen LogP contribution in [-0.4, -0.2) is 44.5 Å². The predicted molar refractivity (Wildman–Crippen MR) is 106 cm³/mol. The van der Waals surface area contributed by atoms with Crippen molar-refractivity contribution in [3.63, 3.8) is 0 Å². The van der Waals surface area contributed by atoms with Gasteiger partial charge >= 0.3 is 0 Å². The van der Waals surface area contributed by atoms with Gasteiger partial charge in [0.25, 0.3) is 0 Å². The maximum absolute atomic E-state index is 12.5. The molecule has 0 unspecified atom stereocenters. The maximum Gasteiger partial charge on any atom is 0.233 e. The molecule has 0 atom stereocenters. The fourth-order valence-corrected chi connectivity index (χ4v) is 3.78. The van der Waals surface area contributed by atoms with Crippen molar-refractivity contribution in [1.29, 1.82) is 0 Å². The van der Waals surface area contributed by atoms with Crippen LogP contribution in [0.3, 0.4) is 0 Å². The Kier molecular flexibility index (Phi) is 6.32. The quantitative estimate of drug-likeness (QED) is 0.527. The molecule has 0 aliphatic heterocycles. The van der Waals surface area contributed by atoms with Crippen molar-refractivity contribution in [2.75, 3.05) is 24.7 Å². The number of hydrogen-bond acceptors (Lipinski definition) is 5. The van der Waals surface area contributed by atoms with Crippen molar-refractivity contribution in [2.45, 2.75) is 31.3 Å². The van der Waals surface area contributed by atoms with Gasteiger partial charge in [0.2, 0.25) is 11.1 Å². The van der Waals surface area contributed by atoms with Gasteiger partial charge in [-0.3, -0.25) is 4.79 Å². The van der Waals surface area contributed by atoms with Crippen LogP contribution < -0.4 is 5.84 Å². The topological polar surface area (TPSA) is 77.0 Å². The number of hydrogen-bond donors (Lipinski definition) is 1. The Morgan fingerprint density at radius 2 is 2.15 bits per heavy atom. The number of carbonyl (C=O) groups is 1. The van der Waals surface area contributed by atoms with Gasteiger partial charge in [-0.1, -0.05) is 41.9 Å². The number of halogens is 2. The first-order valence-electron chi connectivity index (χ1n) is 8.56. The molecule has 0 spiro atoms. The van der Waals surface area contributed by atoms with Crippen LogP contribution in [0.15, 0.2) is 23.4 Å². The molecule has 26 heavy (non-hydrogen) atoms. The van der Waals surface area contributed by atoms with Crippen molar-refractivity contribution in [2.24, 2.45) is 5.92 Å². The van der Waals surface area contributed by atoms with Gasteiger partial charge in [0.05, 0.1) is 10.8 Å². The summed E-state index contributed by atoms with van der Waals surface area (Å²) in [6.45, 7) is 3.72. The summed E-state index contributed by atoms with van der Waals surface area (Å²) in [5.74, 6) is 7.58. The molecule has 1 aromatic heterocycles. The molecule has 1 heterocycles. The second kappa shape index (κ2) is 8.50. The van der Waals surface area contributed by atoms with E-state index in [1.807, 2.05) is 4.90 Å². The monoisotopic (exact) mass is 413 g/mol. The number of carbonyl (C=O) groups excluding carboxylic acids is 1. The Balaban J connectivity index is 1.68. The zero-order chi connectivity index (χ0) is 18.7. The average Bonchev–Trinajstić information content (AvgIpc) is 3.36. The van der Waals surface area contributed by atoms with Crippen molar-refractivity contribution in [3.8, 4) is 11.4 Å². The molecule has 1 amide bonds. The second-order valence-corrected chi connectivity index (χ2v) is 8.16. The lowest BCUT2D eigenvalue weighted by molar-refractivity contribution is -0.128. The number of aromatic nitrogens is 3. The second-order valence-electron chi connectivity index (χ2n) is 6.37. The van der Waals surface area contributed by atoms with Gasteiger partial charge < -0.3 is 10.7 Å². The van der Waals surface area contributed by atoms with Crippen LogP contribution in [0.4, 0.5) is 0 Å². The Hall–Kier alpha value is -1.44. The van der Waals surface area contributed by atoms with Crippen LogP contribution in [0.5, 0.6) is 0 Å². The Labute approximate surface area is 167 Å². The zero-order valence-corrected chi connectivity index (χ0v) is 16.8. The third-order valence-corrected chi connectivity index (χ3v) is 5.67. The summed E-state index contributed by atoms with van der Waals surface area (Å²) in [5.41, 5.74) is 0.605. The molecule has 140 valence electrons. The first kappa shape index (κ1) is 19.3. The van der Waals surface area contributed by atoms with Gasteiger partial charge in [-0.05, 0) is 43.4 Å². The molecule has 1 fully saturated rings. The van der Waals surface area contributed by atoms with E-state index in [2.05, 4.69) is 17.1 Å². The van der Waals surface area contributed by atoms with Crippen molar-refractivity contribution >= 4 is 40.9 Å². The molecular weight excluding hydrogens is 393 g/mol. The molecule has 0 bridgehead atoms. The van der Waals surface area contributed by atoms with Crippen LogP contribution in [0, 0.1) is 5.92 Å². The molecule has 2 aromatic rings. The van der Waals surface area contributed by atoms with E-state index in [0.29, 0.717) is 32.5 Å². The van der Waals surface area contributed by atoms with Crippen LogP contribution in [0.2, 0.25) is 10.0 Å². The van der Waals surface area contributed by atoms with Crippen molar-refractivity contribution in [3.05, 3.63) is 28.2 Å². The van der Waals surface area contributed by atoms with Crippen LogP contribution >= 0.6 is 35.0 Å². The minimum Gasteiger partial charge on any atom is -0.342 e. The van der Waals surface area contributed by atoms with E-state index in [9.17, 15) is 4.79 Å². The third kappa shape index (κ3) is 4.64. The van der Waals surface area contributed by atoms with Gasteiger partial charge in [0, 0.05) is 23.7 Å². The van der Waals surface area contributed by atoms with E-state index in [1.54, 1.807) is 18.2 Å². The molecule has 1 aliphatic carbocycles. The zero-order valence-electron chi connectivity index (χ0n) is 14.5. The number of nitrogens with two attached hydrogens (primary N) is 1. The highest BCUT2D eigenvalue weighted by Crippen LogP contribution is 2.31. The Bertz CT molecular complexity index is 793. The van der Waals surface area contributed by atoms with E-state index < -0.39 is 0 Å². The lowest BCUT2D eigenvalue weighted by Crippen LogP contribution is -2.35. The number of amides is 1. The van der Waals surface area contributed by atoms with Gasteiger partial charge in [0.1, 0.15) is 0 Å². The molecule has 1 saturated carbocycles. The van der Waals surface area contributed by atoms with E-state index in [1.165, 1.54) is 29.3 Å². The smallest absolute Gasteiger partial charge is 0.233 e. The molecule has 2 N–H and O–H groups in total. The number of nitrogens with zero attached hydrogens (tertiary/aromatic N) is 4. The highest BCUT2D eigenvalue weighted by Gasteiger charge is 2.26. The van der Waals surface area contributed by atoms with E-state index in [0.717, 1.165) is 19.5 Å². The molecule has 9 heteroatoms. The van der Waals surface area contributed by atoms with Crippen LogP contribution in [-0.2, 0) is 4.79 Å². The number of rotatable bonds is 8. The molecule has 6 nitrogen and oxygen atoms in total. The van der Waals surface area contributed by atoms with Gasteiger partial charge in [-0.25, -0.2) is 4.68 Å². The third-order valence-electron chi connectivity index (χ3n) is 4.18. The summed E-state index contributed by atoms with van der Waals surface area (Å²) in [5, 5.41) is 9.68. The minimum atomic E-state index is 0.106. The molecule has 0 saturated heterocycles. The van der Waals surface area contributed by atoms with Crippen molar-refractivity contribution < 1.29 is 4.79 Å². The Morgan fingerprint density at radius 3 is 2.85 bits per heavy atom. The predicted octanol–water partition coefficient (Wildman–Crippen LogP) is 3.71. The summed E-state index contributed by atoms with van der Waals surface area (Å²) in [7, 11) is 0. The molecule has 3 rings (SSSR count). The lowest BCUT2D eigenvalue weighted by Gasteiger charge is -2.21. The van der Waals surface area contributed by atoms with Crippen molar-refractivity contribution in [1.82, 2.24) is 19.8 Å². The number of benzene rings is 1.